The molecule has 0 aliphatic carbocycles. The summed E-state index contributed by atoms with van der Waals surface area (Å²) in [5.41, 5.74) is 1.20. The van der Waals surface area contributed by atoms with E-state index >= 15 is 0 Å². The van der Waals surface area contributed by atoms with Crippen LogP contribution in [0.5, 0.6) is 0 Å². The van der Waals surface area contributed by atoms with E-state index in [1.807, 2.05) is 36.2 Å². The van der Waals surface area contributed by atoms with Crippen LogP contribution in [0, 0.1) is 5.92 Å². The first-order valence-corrected chi connectivity index (χ1v) is 7.54. The Morgan fingerprint density at radius 1 is 1.35 bits per heavy atom. The van der Waals surface area contributed by atoms with Crippen LogP contribution in [0.4, 0.5) is 0 Å². The highest BCUT2D eigenvalue weighted by Gasteiger charge is 2.26. The number of carbonyl (C=O) groups excluding carboxylic acids is 1. The van der Waals surface area contributed by atoms with Gasteiger partial charge in [0, 0.05) is 37.2 Å². The topological polar surface area (TPSA) is 29.5 Å². The van der Waals surface area contributed by atoms with Crippen molar-refractivity contribution < 1.29 is 9.53 Å². The molecule has 0 aromatic heterocycles. The van der Waals surface area contributed by atoms with Gasteiger partial charge in [0.2, 0.25) is 5.91 Å². The minimum Gasteiger partial charge on any atom is -0.381 e. The van der Waals surface area contributed by atoms with E-state index in [1.54, 1.807) is 0 Å². The van der Waals surface area contributed by atoms with Crippen LogP contribution in [0.1, 0.15) is 25.3 Å². The Balaban J connectivity index is 1.91. The predicted molar refractivity (Wildman–Crippen MR) is 80.9 cm³/mol. The maximum absolute atomic E-state index is 12.4. The summed E-state index contributed by atoms with van der Waals surface area (Å²) in [7, 11) is 1.90. The van der Waals surface area contributed by atoms with Gasteiger partial charge in [-0.05, 0) is 43.9 Å². The van der Waals surface area contributed by atoms with Crippen molar-refractivity contribution in [3.05, 3.63) is 34.9 Å². The lowest BCUT2D eigenvalue weighted by Crippen LogP contribution is -2.41. The number of rotatable bonds is 4. The summed E-state index contributed by atoms with van der Waals surface area (Å²) in [5, 5.41) is 0.744. The largest absolute Gasteiger partial charge is 0.381 e. The Morgan fingerprint density at radius 2 is 1.95 bits per heavy atom. The van der Waals surface area contributed by atoms with Crippen LogP contribution < -0.4 is 0 Å². The summed E-state index contributed by atoms with van der Waals surface area (Å²) in [6.07, 6.45) is 2.54. The fourth-order valence-electron chi connectivity index (χ4n) is 2.55. The molecule has 1 aliphatic heterocycles. The van der Waals surface area contributed by atoms with E-state index in [9.17, 15) is 4.79 Å². The number of hydrogen-bond donors (Lipinski definition) is 0. The van der Waals surface area contributed by atoms with E-state index < -0.39 is 0 Å². The first-order chi connectivity index (χ1) is 9.58. The molecule has 1 saturated heterocycles. The molecule has 1 atom stereocenters. The number of carbonyl (C=O) groups is 1. The summed E-state index contributed by atoms with van der Waals surface area (Å²) < 4.78 is 5.31. The Bertz CT molecular complexity index is 440. The van der Waals surface area contributed by atoms with Crippen molar-refractivity contribution in [2.24, 2.45) is 5.92 Å². The van der Waals surface area contributed by atoms with Gasteiger partial charge in [0.15, 0.2) is 0 Å². The van der Waals surface area contributed by atoms with E-state index in [0.29, 0.717) is 13.2 Å². The van der Waals surface area contributed by atoms with Crippen molar-refractivity contribution in [1.82, 2.24) is 4.90 Å². The quantitative estimate of drug-likeness (QED) is 0.854. The van der Waals surface area contributed by atoms with Crippen LogP contribution in [-0.4, -0.2) is 37.1 Å². The van der Waals surface area contributed by atoms with Gasteiger partial charge in [-0.25, -0.2) is 0 Å². The molecule has 1 aromatic carbocycles. The van der Waals surface area contributed by atoms with Gasteiger partial charge in [-0.15, -0.1) is 0 Å². The van der Waals surface area contributed by atoms with Crippen molar-refractivity contribution in [2.75, 3.05) is 20.3 Å². The third kappa shape index (κ3) is 3.97. The van der Waals surface area contributed by atoms with Crippen molar-refractivity contribution in [1.29, 1.82) is 0 Å². The smallest absolute Gasteiger partial charge is 0.225 e. The van der Waals surface area contributed by atoms with Crippen LogP contribution >= 0.6 is 11.6 Å². The number of amides is 1. The number of benzene rings is 1. The van der Waals surface area contributed by atoms with Crippen LogP contribution in [0.3, 0.4) is 0 Å². The van der Waals surface area contributed by atoms with Crippen molar-refractivity contribution in [3.8, 4) is 0 Å². The van der Waals surface area contributed by atoms with Crippen LogP contribution in [0.2, 0.25) is 5.02 Å². The minimum atomic E-state index is 0.126. The van der Waals surface area contributed by atoms with E-state index in [1.165, 1.54) is 5.56 Å². The molecule has 1 aromatic rings. The predicted octanol–water partition coefficient (Wildman–Crippen LogP) is 3.16. The summed E-state index contributed by atoms with van der Waals surface area (Å²) in [5.74, 6) is 0.371. The third-order valence-corrected chi connectivity index (χ3v) is 4.28. The normalized spacial score (nSPS) is 17.8. The zero-order valence-electron chi connectivity index (χ0n) is 12.1. The first kappa shape index (κ1) is 15.3. The van der Waals surface area contributed by atoms with Gasteiger partial charge in [0.25, 0.3) is 0 Å². The van der Waals surface area contributed by atoms with E-state index in [2.05, 4.69) is 6.92 Å². The van der Waals surface area contributed by atoms with Gasteiger partial charge in [-0.1, -0.05) is 23.7 Å². The van der Waals surface area contributed by atoms with E-state index in [4.69, 9.17) is 16.3 Å². The summed E-state index contributed by atoms with van der Waals surface area (Å²) in [6.45, 7) is 3.50. The molecule has 20 heavy (non-hydrogen) atoms. The molecule has 0 spiro atoms. The lowest BCUT2D eigenvalue weighted by atomic mass is 9.97. The van der Waals surface area contributed by atoms with Gasteiger partial charge in [-0.3, -0.25) is 4.79 Å². The number of halogens is 1. The highest BCUT2D eigenvalue weighted by molar-refractivity contribution is 6.30. The summed E-state index contributed by atoms with van der Waals surface area (Å²) >= 11 is 5.89. The fourth-order valence-corrected chi connectivity index (χ4v) is 2.67. The monoisotopic (exact) mass is 295 g/mol. The van der Waals surface area contributed by atoms with E-state index in [-0.39, 0.29) is 17.9 Å². The fraction of sp³-hybridized carbons (Fsp3) is 0.562. The lowest BCUT2D eigenvalue weighted by molar-refractivity contribution is -0.139. The highest BCUT2D eigenvalue weighted by Crippen LogP contribution is 2.19. The second kappa shape index (κ2) is 7.09. The average Bonchev–Trinajstić information content (AvgIpc) is 2.49. The van der Waals surface area contributed by atoms with Crippen LogP contribution in [0.25, 0.3) is 0 Å². The number of nitrogens with zero attached hydrogens (tertiary/aromatic N) is 1. The zero-order valence-corrected chi connectivity index (χ0v) is 12.9. The molecular formula is C16H22ClNO2. The third-order valence-electron chi connectivity index (χ3n) is 4.02. The first-order valence-electron chi connectivity index (χ1n) is 7.17. The van der Waals surface area contributed by atoms with Crippen molar-refractivity contribution in [2.45, 2.75) is 32.2 Å². The molecule has 0 bridgehead atoms. The van der Waals surface area contributed by atoms with E-state index in [0.717, 1.165) is 24.3 Å². The van der Waals surface area contributed by atoms with Gasteiger partial charge in [0.1, 0.15) is 0 Å². The Hall–Kier alpha value is -1.06. The van der Waals surface area contributed by atoms with Crippen LogP contribution in [0.15, 0.2) is 24.3 Å². The molecule has 3 nitrogen and oxygen atoms in total. The maximum atomic E-state index is 12.4. The second-order valence-electron chi connectivity index (χ2n) is 5.52. The highest BCUT2D eigenvalue weighted by atomic mass is 35.5. The lowest BCUT2D eigenvalue weighted by Gasteiger charge is -2.30. The summed E-state index contributed by atoms with van der Waals surface area (Å²) in [6, 6.07) is 8.01. The minimum absolute atomic E-state index is 0.126. The molecule has 1 fully saturated rings. The molecule has 0 radical (unpaired) electrons. The number of ether oxygens (including phenoxy) is 1. The Morgan fingerprint density at radius 3 is 2.55 bits per heavy atom. The molecule has 1 unspecified atom stereocenters. The Labute approximate surface area is 125 Å². The summed E-state index contributed by atoms with van der Waals surface area (Å²) in [4.78, 5) is 14.3. The average molecular weight is 296 g/mol. The molecule has 1 amide bonds. The Kier molecular flexibility index (Phi) is 5.44. The standard InChI is InChI=1S/C16H22ClNO2/c1-12(11-13-3-5-15(17)6-4-13)18(2)16(19)14-7-9-20-10-8-14/h3-6,12,14H,7-11H2,1-2H3. The van der Waals surface area contributed by atoms with Gasteiger partial charge >= 0.3 is 0 Å². The molecule has 110 valence electrons. The van der Waals surface area contributed by atoms with Crippen molar-refractivity contribution in [3.63, 3.8) is 0 Å². The zero-order chi connectivity index (χ0) is 14.5. The maximum Gasteiger partial charge on any atom is 0.225 e. The molecule has 1 heterocycles. The van der Waals surface area contributed by atoms with Crippen molar-refractivity contribution >= 4 is 17.5 Å². The molecule has 1 aliphatic rings. The molecule has 4 heteroatoms. The molecular weight excluding hydrogens is 274 g/mol. The molecule has 0 saturated carbocycles. The van der Waals surface area contributed by atoms with Gasteiger partial charge in [0.05, 0.1) is 0 Å². The second-order valence-corrected chi connectivity index (χ2v) is 5.95. The van der Waals surface area contributed by atoms with Crippen LogP contribution in [-0.2, 0) is 16.0 Å². The number of hydrogen-bond acceptors (Lipinski definition) is 2. The molecule has 2 rings (SSSR count). The molecule has 0 N–H and O–H groups in total. The number of likely N-dealkylation sites (N-methyl/N-ethyl adjacent to an activating group) is 1. The van der Waals surface area contributed by atoms with Gasteiger partial charge in [-0.2, -0.15) is 0 Å². The SMILES string of the molecule is CC(Cc1ccc(Cl)cc1)N(C)C(=O)C1CCOCC1. The van der Waals surface area contributed by atoms with Gasteiger partial charge < -0.3 is 9.64 Å².